The summed E-state index contributed by atoms with van der Waals surface area (Å²) in [5.74, 6) is 0. The molecule has 0 aromatic rings. The van der Waals surface area contributed by atoms with Gasteiger partial charge in [-0.3, -0.25) is 19.4 Å². The lowest BCUT2D eigenvalue weighted by Gasteiger charge is -2.55. The maximum atomic E-state index is 10.0. The van der Waals surface area contributed by atoms with Crippen molar-refractivity contribution in [1.29, 1.82) is 0 Å². The fourth-order valence-electron chi connectivity index (χ4n) is 15.6. The van der Waals surface area contributed by atoms with Crippen molar-refractivity contribution in [2.75, 3.05) is 32.8 Å². The molecule has 4 saturated heterocycles. The molecule has 1 unspecified atom stereocenters. The van der Waals surface area contributed by atoms with Crippen molar-refractivity contribution in [1.82, 2.24) is 36.2 Å². The smallest absolute Gasteiger partial charge is 0.0844 e. The Bertz CT molecular complexity index is 1640. The molecule has 5 aliphatic rings. The van der Waals surface area contributed by atoms with Gasteiger partial charge in [0.1, 0.15) is 0 Å². The summed E-state index contributed by atoms with van der Waals surface area (Å²) in [7, 11) is 0. The highest BCUT2D eigenvalue weighted by atomic mass is 16.7. The predicted octanol–water partition coefficient (Wildman–Crippen LogP) is 16.1. The standard InChI is InChI=1S/C20H43N3O.C19H38N2O.C16H34N2O.C15H31NO2/c1-7-14-24-23-19(3,4)15-18(16-20(23,5)6)22-17(2)12-10-8-9-11-13-21;1-6-7-13-20-16-14-18(2,3)21(19(4,5)15-16)22-17-11-9-8-10-12-17;1-7-9-10-17-14-12-15(3,4)18(19-11-8-2)16(5,6)13-14;1-8-9-15(6,7)18-16-13(2,3)10-12(17)11-14(16,4)5/h17-18,22H,7-16,21H2,1-6H3;16-17,20H,6-15H2,1-5H3;14,17H,7-13H2,1-6H3;12,17H,8-11H2,1-7H3. The van der Waals surface area contributed by atoms with Crippen LogP contribution in [0.1, 0.15) is 333 Å². The monoisotopic (exact) mass is 1180 g/mol. The van der Waals surface area contributed by atoms with Crippen LogP contribution in [-0.2, 0) is 19.4 Å². The molecule has 0 aromatic carbocycles. The van der Waals surface area contributed by atoms with E-state index in [-0.39, 0.29) is 56.0 Å². The first-order valence-electron chi connectivity index (χ1n) is 34.9. The van der Waals surface area contributed by atoms with E-state index >= 15 is 0 Å². The van der Waals surface area contributed by atoms with Crippen LogP contribution in [0.5, 0.6) is 0 Å². The van der Waals surface area contributed by atoms with Crippen molar-refractivity contribution >= 4 is 0 Å². The first-order valence-corrected chi connectivity index (χ1v) is 34.9. The van der Waals surface area contributed by atoms with Crippen LogP contribution < -0.4 is 21.7 Å². The van der Waals surface area contributed by atoms with Crippen molar-refractivity contribution in [2.45, 2.75) is 419 Å². The van der Waals surface area contributed by atoms with Crippen molar-refractivity contribution < 1.29 is 24.5 Å². The molecule has 0 bridgehead atoms. The van der Waals surface area contributed by atoms with Gasteiger partial charge in [0, 0.05) is 68.5 Å². The summed E-state index contributed by atoms with van der Waals surface area (Å²) in [6, 6.07) is 2.37. The van der Waals surface area contributed by atoms with E-state index < -0.39 is 0 Å². The van der Waals surface area contributed by atoms with Gasteiger partial charge in [0.05, 0.1) is 31.0 Å². The Morgan fingerprint density at radius 3 is 1.25 bits per heavy atom. The first-order chi connectivity index (χ1) is 38.4. The molecule has 83 heavy (non-hydrogen) atoms. The van der Waals surface area contributed by atoms with Gasteiger partial charge < -0.3 is 26.8 Å². The Hall–Kier alpha value is -0.520. The average Bonchev–Trinajstić information content (AvgIpc) is 3.20. The van der Waals surface area contributed by atoms with Gasteiger partial charge in [-0.05, 0) is 260 Å². The molecule has 5 rings (SSSR count). The molecule has 1 atom stereocenters. The van der Waals surface area contributed by atoms with Crippen LogP contribution in [0.3, 0.4) is 0 Å². The zero-order valence-corrected chi connectivity index (χ0v) is 59.8. The van der Waals surface area contributed by atoms with Crippen LogP contribution >= 0.6 is 0 Å². The maximum Gasteiger partial charge on any atom is 0.0844 e. The number of piperidine rings is 4. The molecule has 0 aromatic heterocycles. The molecule has 496 valence electrons. The first kappa shape index (κ1) is 78.6. The third-order valence-electron chi connectivity index (χ3n) is 18.2. The molecule has 6 N–H and O–H groups in total. The number of hydrogen-bond acceptors (Lipinski definition) is 13. The van der Waals surface area contributed by atoms with Gasteiger partial charge in [-0.1, -0.05) is 92.4 Å². The second kappa shape index (κ2) is 35.8. The number of aliphatic hydroxyl groups excluding tert-OH is 1. The highest BCUT2D eigenvalue weighted by Gasteiger charge is 2.51. The van der Waals surface area contributed by atoms with Gasteiger partial charge in [0.15, 0.2) is 0 Å². The van der Waals surface area contributed by atoms with E-state index in [0.29, 0.717) is 30.3 Å². The molecule has 13 nitrogen and oxygen atoms in total. The van der Waals surface area contributed by atoms with Gasteiger partial charge in [-0.15, -0.1) is 0 Å². The zero-order valence-electron chi connectivity index (χ0n) is 59.8. The van der Waals surface area contributed by atoms with Gasteiger partial charge in [0.2, 0.25) is 0 Å². The largest absolute Gasteiger partial charge is 0.393 e. The van der Waals surface area contributed by atoms with E-state index in [4.69, 9.17) is 25.1 Å². The molecule has 1 saturated carbocycles. The Kier molecular flexibility index (Phi) is 33.9. The summed E-state index contributed by atoms with van der Waals surface area (Å²) in [5, 5.41) is 30.4. The van der Waals surface area contributed by atoms with E-state index in [1.807, 2.05) is 0 Å². The molecule has 1 aliphatic carbocycles. The minimum atomic E-state index is -0.232. The molecule has 0 amide bonds. The summed E-state index contributed by atoms with van der Waals surface area (Å²) < 4.78 is 0. The van der Waals surface area contributed by atoms with Gasteiger partial charge in [-0.2, -0.15) is 20.3 Å². The van der Waals surface area contributed by atoms with Crippen LogP contribution in [-0.4, -0.2) is 144 Å². The van der Waals surface area contributed by atoms with Crippen LogP contribution in [0.4, 0.5) is 0 Å². The fraction of sp³-hybridized carbons (Fsp3) is 1.00. The minimum absolute atomic E-state index is 0.0649. The summed E-state index contributed by atoms with van der Waals surface area (Å²) >= 11 is 0. The van der Waals surface area contributed by atoms with E-state index in [1.54, 1.807) is 0 Å². The fourth-order valence-corrected chi connectivity index (χ4v) is 15.6. The van der Waals surface area contributed by atoms with E-state index in [1.165, 1.54) is 103 Å². The SMILES string of the molecule is CCCC(C)(C)ON1C(C)(C)CC(O)CC1(C)C.CCCCNC1CC(C)(C)N(OC2CCCCC2)C(C)(C)C1.CCCCNC1CC(C)(C)N(OCCC)C(C)(C)C1.CCCON1C(C)(C)CC(NC(C)CCCCCCN)CC1(C)C. The Labute approximate surface area is 516 Å². The molecule has 0 radical (unpaired) electrons. The van der Waals surface area contributed by atoms with Crippen molar-refractivity contribution in [3.05, 3.63) is 0 Å². The number of hydrogen-bond donors (Lipinski definition) is 5. The van der Waals surface area contributed by atoms with Crippen LogP contribution in [0.15, 0.2) is 0 Å². The van der Waals surface area contributed by atoms with Crippen molar-refractivity contribution in [2.24, 2.45) is 5.73 Å². The minimum Gasteiger partial charge on any atom is -0.393 e. The van der Waals surface area contributed by atoms with Crippen LogP contribution in [0, 0.1) is 0 Å². The van der Waals surface area contributed by atoms with Gasteiger partial charge in [-0.25, -0.2) is 0 Å². The Morgan fingerprint density at radius 2 is 0.867 bits per heavy atom. The molecule has 4 aliphatic heterocycles. The summed E-state index contributed by atoms with van der Waals surface area (Å²) in [5.41, 5.74) is 5.67. The summed E-state index contributed by atoms with van der Waals surface area (Å²) in [6.45, 7) is 58.9. The van der Waals surface area contributed by atoms with Crippen molar-refractivity contribution in [3.63, 3.8) is 0 Å². The van der Waals surface area contributed by atoms with E-state index in [2.05, 4.69) is 202 Å². The second-order valence-electron chi connectivity index (χ2n) is 32.4. The number of nitrogens with zero attached hydrogens (tertiary/aromatic N) is 4. The maximum absolute atomic E-state index is 10.0. The molecule has 13 heteroatoms. The second-order valence-corrected chi connectivity index (χ2v) is 32.4. The number of hydroxylamine groups is 8. The Morgan fingerprint density at radius 1 is 0.482 bits per heavy atom. The lowest BCUT2D eigenvalue weighted by molar-refractivity contribution is -0.337. The normalized spacial score (nSPS) is 24.7. The topological polar surface area (TPSA) is 132 Å². The molecule has 0 spiro atoms. The summed E-state index contributed by atoms with van der Waals surface area (Å²) in [4.78, 5) is 25.0. The molecular formula is C70H146N8O5. The van der Waals surface area contributed by atoms with E-state index in [0.717, 1.165) is 97.1 Å². The summed E-state index contributed by atoms with van der Waals surface area (Å²) in [6.07, 6.45) is 30.9. The highest BCUT2D eigenvalue weighted by molar-refractivity contribution is 5.02. The van der Waals surface area contributed by atoms with Gasteiger partial charge in [0.25, 0.3) is 0 Å². The van der Waals surface area contributed by atoms with Crippen LogP contribution in [0.2, 0.25) is 0 Å². The zero-order chi connectivity index (χ0) is 63.1. The van der Waals surface area contributed by atoms with E-state index in [9.17, 15) is 5.11 Å². The number of unbranched alkanes of at least 4 members (excludes halogenated alkanes) is 5. The third-order valence-corrected chi connectivity index (χ3v) is 18.2. The quantitative estimate of drug-likeness (QED) is 0.0477. The number of nitrogens with one attached hydrogen (secondary N) is 3. The van der Waals surface area contributed by atoms with Crippen molar-refractivity contribution in [3.8, 4) is 0 Å². The Balaban J connectivity index is 0.000000380. The average molecular weight is 1180 g/mol. The lowest BCUT2D eigenvalue weighted by Crippen LogP contribution is -2.64. The molecule has 4 heterocycles. The lowest BCUT2D eigenvalue weighted by atomic mass is 9.78. The number of rotatable bonds is 28. The molecule has 5 fully saturated rings. The third kappa shape index (κ3) is 27.2. The molecular weight excluding hydrogens is 1030 g/mol. The van der Waals surface area contributed by atoms with Crippen LogP contribution in [0.25, 0.3) is 0 Å². The number of nitrogens with two attached hydrogens (primary N) is 1. The predicted molar refractivity (Wildman–Crippen MR) is 355 cm³/mol. The highest BCUT2D eigenvalue weighted by Crippen LogP contribution is 2.44. The van der Waals surface area contributed by atoms with Gasteiger partial charge >= 0.3 is 0 Å². The number of aliphatic hydroxyl groups is 1.